The summed E-state index contributed by atoms with van der Waals surface area (Å²) in [5.74, 6) is 0.796. The number of carbonyl (C=O) groups excluding carboxylic acids is 3. The highest BCUT2D eigenvalue weighted by atomic mass is 16.5. The monoisotopic (exact) mass is 554 g/mol. The normalized spacial score (nSPS) is 17.7. The van der Waals surface area contributed by atoms with Gasteiger partial charge in [-0.1, -0.05) is 48.5 Å². The third kappa shape index (κ3) is 6.41. The molecule has 1 fully saturated rings. The van der Waals surface area contributed by atoms with Crippen LogP contribution in [-0.2, 0) is 9.53 Å². The van der Waals surface area contributed by atoms with Crippen molar-refractivity contribution < 1.29 is 23.9 Å². The number of nitrogens with zero attached hydrogens (tertiary/aromatic N) is 3. The van der Waals surface area contributed by atoms with Gasteiger partial charge in [-0.25, -0.2) is 9.59 Å². The van der Waals surface area contributed by atoms with Gasteiger partial charge in [-0.3, -0.25) is 14.6 Å². The van der Waals surface area contributed by atoms with Crippen LogP contribution in [0.25, 0.3) is 0 Å². The van der Waals surface area contributed by atoms with Crippen LogP contribution < -0.4 is 10.1 Å². The molecule has 0 bridgehead atoms. The number of hydrogen-bond acceptors (Lipinski definition) is 6. The number of carbonyl (C=O) groups is 3. The number of rotatable bonds is 8. The van der Waals surface area contributed by atoms with Crippen molar-refractivity contribution in [1.29, 1.82) is 0 Å². The van der Waals surface area contributed by atoms with Crippen molar-refractivity contribution in [3.05, 3.63) is 107 Å². The number of esters is 1. The number of amides is 3. The van der Waals surface area contributed by atoms with E-state index in [2.05, 4.69) is 10.2 Å². The molecule has 0 radical (unpaired) electrons. The molecule has 2 heterocycles. The van der Waals surface area contributed by atoms with Crippen molar-refractivity contribution in [2.45, 2.75) is 13.0 Å². The predicted molar refractivity (Wildman–Crippen MR) is 154 cm³/mol. The van der Waals surface area contributed by atoms with Crippen LogP contribution in [0.4, 0.5) is 4.79 Å². The largest absolute Gasteiger partial charge is 0.463 e. The number of piperazine rings is 1. The minimum atomic E-state index is -0.715. The summed E-state index contributed by atoms with van der Waals surface area (Å²) in [5.41, 5.74) is 2.33. The van der Waals surface area contributed by atoms with Crippen LogP contribution in [-0.4, -0.2) is 79.0 Å². The summed E-state index contributed by atoms with van der Waals surface area (Å²) in [6, 6.07) is 25.0. The van der Waals surface area contributed by atoms with Crippen molar-refractivity contribution in [3.63, 3.8) is 0 Å². The molecule has 3 aromatic rings. The van der Waals surface area contributed by atoms with Crippen LogP contribution >= 0.6 is 0 Å². The number of ether oxygens (including phenoxy) is 2. The average molecular weight is 555 g/mol. The van der Waals surface area contributed by atoms with E-state index in [1.165, 1.54) is 4.90 Å². The van der Waals surface area contributed by atoms with Gasteiger partial charge in [0.1, 0.15) is 11.5 Å². The number of nitrogens with one attached hydrogen (secondary N) is 1. The Kier molecular flexibility index (Phi) is 8.64. The zero-order valence-corrected chi connectivity index (χ0v) is 23.3. The molecule has 3 aromatic carbocycles. The first-order valence-corrected chi connectivity index (χ1v) is 13.8. The van der Waals surface area contributed by atoms with E-state index >= 15 is 0 Å². The summed E-state index contributed by atoms with van der Waals surface area (Å²) in [4.78, 5) is 44.9. The highest BCUT2D eigenvalue weighted by Gasteiger charge is 2.38. The first kappa shape index (κ1) is 27.9. The minimum absolute atomic E-state index is 0.00325. The van der Waals surface area contributed by atoms with Crippen molar-refractivity contribution in [2.24, 2.45) is 0 Å². The Hall–Kier alpha value is -4.63. The van der Waals surface area contributed by atoms with Gasteiger partial charge in [0.05, 0.1) is 18.2 Å². The van der Waals surface area contributed by atoms with Crippen molar-refractivity contribution in [1.82, 2.24) is 20.0 Å². The summed E-state index contributed by atoms with van der Waals surface area (Å²) >= 11 is 0. The Bertz CT molecular complexity index is 1420. The summed E-state index contributed by atoms with van der Waals surface area (Å²) in [7, 11) is 1.66. The van der Waals surface area contributed by atoms with Crippen molar-refractivity contribution in [3.8, 4) is 11.5 Å². The molecule has 0 spiro atoms. The van der Waals surface area contributed by atoms with Gasteiger partial charge in [0.15, 0.2) is 0 Å². The number of benzene rings is 3. The SMILES string of the molecule is CCOC(=O)C1=C(CN2CCN(C(=O)c3ccccc3)CC2)N(C)C(=O)N[C@@H]1c1cccc(Oc2ccccc2)c1. The summed E-state index contributed by atoms with van der Waals surface area (Å²) in [5, 5.41) is 2.97. The minimum Gasteiger partial charge on any atom is -0.463 e. The topological polar surface area (TPSA) is 91.4 Å². The van der Waals surface area contributed by atoms with E-state index in [9.17, 15) is 14.4 Å². The molecule has 9 nitrogen and oxygen atoms in total. The molecule has 1 atom stereocenters. The van der Waals surface area contributed by atoms with Crippen LogP contribution in [0.1, 0.15) is 28.9 Å². The second-order valence-electron chi connectivity index (χ2n) is 9.94. The van der Waals surface area contributed by atoms with E-state index < -0.39 is 12.0 Å². The summed E-state index contributed by atoms with van der Waals surface area (Å²) < 4.78 is 11.5. The second kappa shape index (κ2) is 12.7. The van der Waals surface area contributed by atoms with E-state index in [1.54, 1.807) is 14.0 Å². The first-order chi connectivity index (χ1) is 19.9. The van der Waals surface area contributed by atoms with Gasteiger partial charge in [-0.2, -0.15) is 0 Å². The maximum atomic E-state index is 13.4. The molecule has 2 aliphatic rings. The fourth-order valence-electron chi connectivity index (χ4n) is 5.11. The second-order valence-corrected chi connectivity index (χ2v) is 9.94. The Morgan fingerprint density at radius 3 is 2.22 bits per heavy atom. The van der Waals surface area contributed by atoms with Crippen LogP contribution in [0.3, 0.4) is 0 Å². The summed E-state index contributed by atoms with van der Waals surface area (Å²) in [6.07, 6.45) is 0. The van der Waals surface area contributed by atoms with Crippen molar-refractivity contribution in [2.75, 3.05) is 46.4 Å². The maximum absolute atomic E-state index is 13.4. The van der Waals surface area contributed by atoms with Gasteiger partial charge in [0, 0.05) is 51.0 Å². The van der Waals surface area contributed by atoms with Crippen LogP contribution in [0.15, 0.2) is 96.2 Å². The van der Waals surface area contributed by atoms with Gasteiger partial charge < -0.3 is 19.7 Å². The molecule has 0 unspecified atom stereocenters. The maximum Gasteiger partial charge on any atom is 0.338 e. The number of urea groups is 1. The third-order valence-electron chi connectivity index (χ3n) is 7.30. The zero-order chi connectivity index (χ0) is 28.8. The van der Waals surface area contributed by atoms with Gasteiger partial charge >= 0.3 is 12.0 Å². The Morgan fingerprint density at radius 2 is 1.54 bits per heavy atom. The number of likely N-dealkylation sites (N-methyl/N-ethyl adjacent to an activating group) is 1. The molecular formula is C32H34N4O5. The molecule has 0 aromatic heterocycles. The molecule has 1 saturated heterocycles. The molecule has 9 heteroatoms. The fraction of sp³-hybridized carbons (Fsp3) is 0.281. The highest BCUT2D eigenvalue weighted by molar-refractivity contribution is 5.95. The smallest absolute Gasteiger partial charge is 0.338 e. The third-order valence-corrected chi connectivity index (χ3v) is 7.30. The van der Waals surface area contributed by atoms with Crippen molar-refractivity contribution >= 4 is 17.9 Å². The standard InChI is InChI=1S/C32H34N4O5/c1-3-40-31(38)28-27(22-35-17-19-36(20-18-35)30(37)23-11-6-4-7-12-23)34(2)32(39)33-29(28)24-13-10-16-26(21-24)41-25-14-8-5-9-15-25/h4-16,21,29H,3,17-20,22H2,1-2H3,(H,33,39)/t29-/m1/s1. The number of hydrogen-bond donors (Lipinski definition) is 1. The average Bonchev–Trinajstić information content (AvgIpc) is 3.00. The van der Waals surface area contributed by atoms with E-state index in [4.69, 9.17) is 9.47 Å². The van der Waals surface area contributed by atoms with Gasteiger partial charge in [0.2, 0.25) is 0 Å². The molecule has 41 heavy (non-hydrogen) atoms. The Balaban J connectivity index is 1.39. The molecule has 1 N–H and O–H groups in total. The lowest BCUT2D eigenvalue weighted by atomic mass is 9.94. The van der Waals surface area contributed by atoms with E-state index in [-0.39, 0.29) is 18.5 Å². The highest BCUT2D eigenvalue weighted by Crippen LogP contribution is 2.34. The zero-order valence-electron chi connectivity index (χ0n) is 23.3. The molecule has 3 amide bonds. The lowest BCUT2D eigenvalue weighted by molar-refractivity contribution is -0.139. The molecule has 0 aliphatic carbocycles. The lowest BCUT2D eigenvalue weighted by Gasteiger charge is -2.39. The molecule has 5 rings (SSSR count). The fourth-order valence-corrected chi connectivity index (χ4v) is 5.11. The van der Waals surface area contributed by atoms with E-state index in [0.717, 1.165) is 0 Å². The van der Waals surface area contributed by atoms with Crippen LogP contribution in [0.2, 0.25) is 0 Å². The quantitative estimate of drug-likeness (QED) is 0.414. The molecule has 212 valence electrons. The van der Waals surface area contributed by atoms with Crippen LogP contribution in [0, 0.1) is 0 Å². The number of para-hydroxylation sites is 1. The van der Waals surface area contributed by atoms with E-state index in [1.807, 2.05) is 89.8 Å². The Morgan fingerprint density at radius 1 is 0.878 bits per heavy atom. The first-order valence-electron chi connectivity index (χ1n) is 13.8. The molecule has 2 aliphatic heterocycles. The predicted octanol–water partition coefficient (Wildman–Crippen LogP) is 4.45. The van der Waals surface area contributed by atoms with E-state index in [0.29, 0.717) is 66.6 Å². The van der Waals surface area contributed by atoms with Gasteiger partial charge in [-0.15, -0.1) is 0 Å². The molecule has 0 saturated carbocycles. The molecular weight excluding hydrogens is 520 g/mol. The summed E-state index contributed by atoms with van der Waals surface area (Å²) in [6.45, 7) is 4.65. The lowest BCUT2D eigenvalue weighted by Crippen LogP contribution is -2.53. The Labute approximate surface area is 239 Å². The van der Waals surface area contributed by atoms with Gasteiger partial charge in [0.25, 0.3) is 5.91 Å². The van der Waals surface area contributed by atoms with Crippen LogP contribution in [0.5, 0.6) is 11.5 Å². The van der Waals surface area contributed by atoms with Gasteiger partial charge in [-0.05, 0) is 48.9 Å².